The predicted molar refractivity (Wildman–Crippen MR) is 139 cm³/mol. The summed E-state index contributed by atoms with van der Waals surface area (Å²) in [5.74, 6) is -4.26. The summed E-state index contributed by atoms with van der Waals surface area (Å²) in [6, 6.07) is 5.66. The highest BCUT2D eigenvalue weighted by Crippen LogP contribution is 2.37. The first-order valence-corrected chi connectivity index (χ1v) is 14.1. The van der Waals surface area contributed by atoms with Gasteiger partial charge in [0.05, 0.1) is 41.4 Å². The van der Waals surface area contributed by atoms with Gasteiger partial charge < -0.3 is 15.0 Å². The van der Waals surface area contributed by atoms with E-state index in [1.807, 2.05) is 13.8 Å². The lowest BCUT2D eigenvalue weighted by atomic mass is 9.95. The second kappa shape index (κ2) is 10.6. The van der Waals surface area contributed by atoms with Crippen LogP contribution >= 0.6 is 0 Å². The molecule has 0 radical (unpaired) electrons. The van der Waals surface area contributed by atoms with Crippen molar-refractivity contribution in [2.45, 2.75) is 55.7 Å². The van der Waals surface area contributed by atoms with Crippen molar-refractivity contribution in [3.8, 4) is 17.1 Å². The van der Waals surface area contributed by atoms with E-state index in [1.54, 1.807) is 25.4 Å². The van der Waals surface area contributed by atoms with Gasteiger partial charge in [0.2, 0.25) is 21.7 Å². The SMILES string of the molecule is CC(C)Oc1ccc(CC2=C[C@H](N)NS(=O)(=O)c3cc(F)c(-c4noc(C5CN(C)CC(F)(F)C5)n4)cc32)nc1. The zero-order valence-electron chi connectivity index (χ0n) is 22.1. The largest absolute Gasteiger partial charge is 0.489 e. The van der Waals surface area contributed by atoms with E-state index in [9.17, 15) is 17.2 Å². The van der Waals surface area contributed by atoms with E-state index in [-0.39, 0.29) is 53.4 Å². The molecule has 1 aromatic carbocycles. The number of fused-ring (bicyclic) bond motifs is 1. The number of piperidine rings is 1. The van der Waals surface area contributed by atoms with Crippen LogP contribution in [0.4, 0.5) is 13.2 Å². The number of sulfonamides is 1. The molecule has 0 bridgehead atoms. The number of nitrogens with zero attached hydrogens (tertiary/aromatic N) is 4. The van der Waals surface area contributed by atoms with E-state index in [2.05, 4.69) is 19.8 Å². The number of pyridine rings is 1. The molecular weight excluding hydrogens is 549 g/mol. The van der Waals surface area contributed by atoms with E-state index in [0.29, 0.717) is 17.0 Å². The Hall–Kier alpha value is -3.33. The minimum absolute atomic E-state index is 0.0344. The summed E-state index contributed by atoms with van der Waals surface area (Å²) in [6.07, 6.45) is 1.66. The third-order valence-electron chi connectivity index (χ3n) is 6.53. The van der Waals surface area contributed by atoms with Gasteiger partial charge in [0.25, 0.3) is 5.92 Å². The zero-order chi connectivity index (χ0) is 28.8. The van der Waals surface area contributed by atoms with Crippen molar-refractivity contribution >= 4 is 15.6 Å². The van der Waals surface area contributed by atoms with Crippen LogP contribution in [0.1, 0.15) is 43.3 Å². The molecule has 3 aromatic rings. The van der Waals surface area contributed by atoms with Crippen LogP contribution in [0, 0.1) is 5.82 Å². The van der Waals surface area contributed by atoms with Gasteiger partial charge in [0, 0.05) is 25.1 Å². The Bertz CT molecular complexity index is 1540. The molecule has 40 heavy (non-hydrogen) atoms. The predicted octanol–water partition coefficient (Wildman–Crippen LogP) is 3.32. The molecule has 0 saturated carbocycles. The lowest BCUT2D eigenvalue weighted by Gasteiger charge is -2.33. The number of ether oxygens (including phenoxy) is 1. The summed E-state index contributed by atoms with van der Waals surface area (Å²) in [5.41, 5.74) is 7.11. The fourth-order valence-electron chi connectivity index (χ4n) is 4.99. The van der Waals surface area contributed by atoms with Crippen LogP contribution < -0.4 is 15.2 Å². The smallest absolute Gasteiger partial charge is 0.261 e. The molecule has 2 aliphatic heterocycles. The molecule has 214 valence electrons. The summed E-state index contributed by atoms with van der Waals surface area (Å²) >= 11 is 0. The Labute approximate surface area is 229 Å². The highest BCUT2D eigenvalue weighted by atomic mass is 32.2. The van der Waals surface area contributed by atoms with Crippen LogP contribution in [0.5, 0.6) is 5.75 Å². The molecule has 2 aliphatic rings. The van der Waals surface area contributed by atoms with Crippen LogP contribution in [-0.2, 0) is 16.4 Å². The summed E-state index contributed by atoms with van der Waals surface area (Å²) in [6.45, 7) is 3.67. The van der Waals surface area contributed by atoms with E-state index in [4.69, 9.17) is 15.0 Å². The molecule has 5 rings (SSSR count). The molecule has 3 N–H and O–H groups in total. The van der Waals surface area contributed by atoms with Gasteiger partial charge in [-0.05, 0) is 62.4 Å². The number of alkyl halides is 2. The number of likely N-dealkylation sites (tertiary alicyclic amines) is 1. The second-order valence-electron chi connectivity index (χ2n) is 10.4. The molecule has 1 saturated heterocycles. The van der Waals surface area contributed by atoms with Crippen LogP contribution in [0.2, 0.25) is 0 Å². The zero-order valence-corrected chi connectivity index (χ0v) is 22.9. The fraction of sp³-hybridized carbons (Fsp3) is 0.423. The van der Waals surface area contributed by atoms with Gasteiger partial charge in [-0.3, -0.25) is 9.88 Å². The van der Waals surface area contributed by atoms with Crippen molar-refractivity contribution < 1.29 is 30.8 Å². The number of rotatable bonds is 6. The van der Waals surface area contributed by atoms with E-state index < -0.39 is 40.3 Å². The van der Waals surface area contributed by atoms with Crippen molar-refractivity contribution in [2.24, 2.45) is 5.73 Å². The van der Waals surface area contributed by atoms with Crippen LogP contribution in [0.25, 0.3) is 17.0 Å². The maximum atomic E-state index is 15.4. The van der Waals surface area contributed by atoms with Crippen molar-refractivity contribution in [1.82, 2.24) is 24.7 Å². The van der Waals surface area contributed by atoms with E-state index >= 15 is 4.39 Å². The van der Waals surface area contributed by atoms with Gasteiger partial charge in [-0.15, -0.1) is 0 Å². The number of aromatic nitrogens is 3. The number of hydrogen-bond donors (Lipinski definition) is 2. The second-order valence-corrected chi connectivity index (χ2v) is 12.1. The Balaban J connectivity index is 1.52. The quantitative estimate of drug-likeness (QED) is 0.451. The summed E-state index contributed by atoms with van der Waals surface area (Å²) in [4.78, 5) is 9.78. The van der Waals surface area contributed by atoms with Crippen LogP contribution in [0.15, 0.2) is 46.0 Å². The minimum atomic E-state index is -4.19. The fourth-order valence-corrected chi connectivity index (χ4v) is 6.28. The molecule has 0 spiro atoms. The first-order valence-electron chi connectivity index (χ1n) is 12.6. The van der Waals surface area contributed by atoms with Gasteiger partial charge in [-0.2, -0.15) is 9.71 Å². The summed E-state index contributed by atoms with van der Waals surface area (Å²) in [7, 11) is -2.62. The average Bonchev–Trinajstić information content (AvgIpc) is 3.30. The Morgan fingerprint density at radius 1 is 1.27 bits per heavy atom. The lowest BCUT2D eigenvalue weighted by molar-refractivity contribution is -0.0683. The van der Waals surface area contributed by atoms with Crippen LogP contribution in [-0.4, -0.2) is 66.8 Å². The molecular formula is C26H29F3N6O4S. The van der Waals surface area contributed by atoms with Crippen LogP contribution in [0.3, 0.4) is 0 Å². The molecule has 0 aliphatic carbocycles. The molecule has 1 fully saturated rings. The number of allylic oxidation sites excluding steroid dienone is 1. The third-order valence-corrected chi connectivity index (χ3v) is 8.03. The summed E-state index contributed by atoms with van der Waals surface area (Å²) < 4.78 is 82.8. The topological polar surface area (TPSA) is 136 Å². The monoisotopic (exact) mass is 578 g/mol. The lowest BCUT2D eigenvalue weighted by Crippen LogP contribution is -2.44. The average molecular weight is 579 g/mol. The number of halogens is 3. The number of nitrogens with one attached hydrogen (secondary N) is 1. The molecule has 4 heterocycles. The highest BCUT2D eigenvalue weighted by Gasteiger charge is 2.42. The third kappa shape index (κ3) is 6.04. The van der Waals surface area contributed by atoms with E-state index in [1.165, 1.54) is 17.0 Å². The van der Waals surface area contributed by atoms with E-state index in [0.717, 1.165) is 6.07 Å². The number of likely N-dealkylation sites (N-methyl/N-ethyl adjacent to an activating group) is 1. The minimum Gasteiger partial charge on any atom is -0.489 e. The van der Waals surface area contributed by atoms with Crippen molar-refractivity contribution in [3.05, 3.63) is 59.5 Å². The Morgan fingerprint density at radius 3 is 2.73 bits per heavy atom. The first kappa shape index (κ1) is 28.2. The number of benzene rings is 1. The Kier molecular flexibility index (Phi) is 7.46. The molecule has 10 nitrogen and oxygen atoms in total. The first-order chi connectivity index (χ1) is 18.8. The number of nitrogens with two attached hydrogens (primary N) is 1. The van der Waals surface area contributed by atoms with Gasteiger partial charge >= 0.3 is 0 Å². The maximum Gasteiger partial charge on any atom is 0.261 e. The normalized spacial score (nSPS) is 22.4. The van der Waals surface area contributed by atoms with Gasteiger partial charge in [0.15, 0.2) is 0 Å². The maximum absolute atomic E-state index is 15.4. The molecule has 2 aromatic heterocycles. The van der Waals surface area contributed by atoms with Crippen molar-refractivity contribution in [2.75, 3.05) is 20.1 Å². The van der Waals surface area contributed by atoms with Crippen molar-refractivity contribution in [3.63, 3.8) is 0 Å². The van der Waals surface area contributed by atoms with Gasteiger partial charge in [-0.25, -0.2) is 21.6 Å². The highest BCUT2D eigenvalue weighted by molar-refractivity contribution is 7.89. The molecule has 1 unspecified atom stereocenters. The van der Waals surface area contributed by atoms with Crippen molar-refractivity contribution in [1.29, 1.82) is 0 Å². The summed E-state index contributed by atoms with van der Waals surface area (Å²) in [5, 5.41) is 3.84. The van der Waals surface area contributed by atoms with Gasteiger partial charge in [0.1, 0.15) is 11.6 Å². The number of hydrogen-bond acceptors (Lipinski definition) is 9. The molecule has 0 amide bonds. The standard InChI is InChI=1S/C26H29F3N6O4S/c1-14(2)38-18-5-4-17(31-11-18)6-15-7-23(30)34-40(36,37)22-9-21(27)20(8-19(15)22)24-32-25(39-33-24)16-10-26(28,29)13-35(3)12-16/h4-5,7-9,11,14,16,23,34H,6,10,12-13,30H2,1-3H3/t16?,23-/m1/s1. The Morgan fingerprint density at radius 2 is 2.05 bits per heavy atom. The molecule has 14 heteroatoms. The van der Waals surface area contributed by atoms with Gasteiger partial charge in [-0.1, -0.05) is 5.16 Å². The molecule has 2 atom stereocenters.